The first-order valence-electron chi connectivity index (χ1n) is 7.73. The van der Waals surface area contributed by atoms with Gasteiger partial charge in [-0.05, 0) is 43.5 Å². The Bertz CT molecular complexity index is 770. The molecule has 5 nitrogen and oxygen atoms in total. The van der Waals surface area contributed by atoms with Crippen LogP contribution < -0.4 is 5.32 Å². The summed E-state index contributed by atoms with van der Waals surface area (Å²) in [6.07, 6.45) is 4.46. The zero-order valence-electron chi connectivity index (χ0n) is 12.7. The Morgan fingerprint density at radius 3 is 2.70 bits per heavy atom. The topological polar surface area (TPSA) is 62.5 Å². The van der Waals surface area contributed by atoms with Crippen LogP contribution in [0.15, 0.2) is 42.6 Å². The van der Waals surface area contributed by atoms with Gasteiger partial charge < -0.3 is 10.4 Å². The van der Waals surface area contributed by atoms with Gasteiger partial charge in [-0.1, -0.05) is 0 Å². The van der Waals surface area contributed by atoms with E-state index >= 15 is 0 Å². The molecule has 0 radical (unpaired) electrons. The van der Waals surface area contributed by atoms with Crippen molar-refractivity contribution in [2.24, 2.45) is 0 Å². The average Bonchev–Trinajstić information content (AvgIpc) is 3.04. The summed E-state index contributed by atoms with van der Waals surface area (Å²) in [6, 6.07) is 10.0. The number of aliphatic hydroxyl groups excluding tert-OH is 1. The van der Waals surface area contributed by atoms with Gasteiger partial charge in [0.15, 0.2) is 5.65 Å². The van der Waals surface area contributed by atoms with E-state index in [2.05, 4.69) is 15.4 Å². The van der Waals surface area contributed by atoms with Crippen LogP contribution >= 0.6 is 0 Å². The number of benzene rings is 1. The van der Waals surface area contributed by atoms with Crippen molar-refractivity contribution in [1.82, 2.24) is 14.6 Å². The molecule has 2 heterocycles. The van der Waals surface area contributed by atoms with Crippen molar-refractivity contribution in [2.75, 3.05) is 18.5 Å². The Balaban J connectivity index is 1.84. The second-order valence-corrected chi connectivity index (χ2v) is 5.35. The molecule has 0 unspecified atom stereocenters. The molecule has 1 aromatic carbocycles. The maximum Gasteiger partial charge on any atom is 0.157 e. The molecule has 120 valence electrons. The molecule has 0 atom stereocenters. The molecule has 2 N–H and O–H groups in total. The SMILES string of the molecule is OCCCCCNc1cc(-c2ccc(F)cc2)nc2ccnn12. The van der Waals surface area contributed by atoms with Crippen LogP contribution in [0.5, 0.6) is 0 Å². The molecule has 0 aliphatic carbocycles. The van der Waals surface area contributed by atoms with Gasteiger partial charge in [-0.15, -0.1) is 0 Å². The van der Waals surface area contributed by atoms with Crippen molar-refractivity contribution in [3.8, 4) is 11.3 Å². The molecular weight excluding hydrogens is 295 g/mol. The molecule has 0 saturated heterocycles. The zero-order chi connectivity index (χ0) is 16.1. The zero-order valence-corrected chi connectivity index (χ0v) is 12.7. The largest absolute Gasteiger partial charge is 0.396 e. The smallest absolute Gasteiger partial charge is 0.157 e. The van der Waals surface area contributed by atoms with E-state index in [1.54, 1.807) is 22.8 Å². The lowest BCUT2D eigenvalue weighted by molar-refractivity contribution is 0.283. The minimum atomic E-state index is -0.263. The second kappa shape index (κ2) is 7.19. The third-order valence-electron chi connectivity index (χ3n) is 3.64. The van der Waals surface area contributed by atoms with Crippen LogP contribution in [0.3, 0.4) is 0 Å². The summed E-state index contributed by atoms with van der Waals surface area (Å²) < 4.78 is 14.8. The number of fused-ring (bicyclic) bond motifs is 1. The molecule has 0 aliphatic rings. The van der Waals surface area contributed by atoms with Crippen molar-refractivity contribution < 1.29 is 9.50 Å². The predicted octanol–water partition coefficient (Wildman–Crippen LogP) is 3.11. The predicted molar refractivity (Wildman–Crippen MR) is 87.8 cm³/mol. The Hall–Kier alpha value is -2.47. The fraction of sp³-hybridized carbons (Fsp3) is 0.294. The van der Waals surface area contributed by atoms with E-state index in [1.807, 2.05) is 12.1 Å². The lowest BCUT2D eigenvalue weighted by Gasteiger charge is -2.10. The number of nitrogens with one attached hydrogen (secondary N) is 1. The summed E-state index contributed by atoms with van der Waals surface area (Å²) >= 11 is 0. The molecule has 23 heavy (non-hydrogen) atoms. The molecule has 2 aromatic heterocycles. The number of hydrogen-bond donors (Lipinski definition) is 2. The molecule has 3 rings (SSSR count). The van der Waals surface area contributed by atoms with Crippen LogP contribution in [0.1, 0.15) is 19.3 Å². The summed E-state index contributed by atoms with van der Waals surface area (Å²) in [5, 5.41) is 16.4. The highest BCUT2D eigenvalue weighted by atomic mass is 19.1. The lowest BCUT2D eigenvalue weighted by atomic mass is 10.1. The van der Waals surface area contributed by atoms with Crippen LogP contribution in [0.4, 0.5) is 10.2 Å². The first-order valence-corrected chi connectivity index (χ1v) is 7.73. The number of aromatic nitrogens is 3. The highest BCUT2D eigenvalue weighted by molar-refractivity contribution is 5.66. The summed E-state index contributed by atoms with van der Waals surface area (Å²) in [6.45, 7) is 1.02. The minimum absolute atomic E-state index is 0.230. The van der Waals surface area contributed by atoms with Crippen LogP contribution in [-0.4, -0.2) is 32.9 Å². The number of aliphatic hydroxyl groups is 1. The normalized spacial score (nSPS) is 11.0. The molecule has 0 fully saturated rings. The molecule has 0 amide bonds. The maximum absolute atomic E-state index is 13.1. The van der Waals surface area contributed by atoms with Crippen molar-refractivity contribution in [3.05, 3.63) is 48.4 Å². The van der Waals surface area contributed by atoms with Crippen LogP contribution in [-0.2, 0) is 0 Å². The fourth-order valence-corrected chi connectivity index (χ4v) is 2.44. The number of anilines is 1. The monoisotopic (exact) mass is 314 g/mol. The Morgan fingerprint density at radius 1 is 1.09 bits per heavy atom. The van der Waals surface area contributed by atoms with E-state index in [-0.39, 0.29) is 12.4 Å². The maximum atomic E-state index is 13.1. The van der Waals surface area contributed by atoms with Gasteiger partial charge in [-0.25, -0.2) is 9.37 Å². The van der Waals surface area contributed by atoms with E-state index in [0.717, 1.165) is 48.5 Å². The summed E-state index contributed by atoms with van der Waals surface area (Å²) in [7, 11) is 0. The minimum Gasteiger partial charge on any atom is -0.396 e. The Kier molecular flexibility index (Phi) is 4.83. The number of rotatable bonds is 7. The number of unbranched alkanes of at least 4 members (excludes halogenated alkanes) is 2. The highest BCUT2D eigenvalue weighted by Gasteiger charge is 2.08. The van der Waals surface area contributed by atoms with Crippen LogP contribution in [0.25, 0.3) is 16.9 Å². The molecular formula is C17H19FN4O. The van der Waals surface area contributed by atoms with Gasteiger partial charge in [-0.2, -0.15) is 9.61 Å². The van der Waals surface area contributed by atoms with E-state index in [9.17, 15) is 4.39 Å². The molecule has 0 bridgehead atoms. The summed E-state index contributed by atoms with van der Waals surface area (Å²) in [5.41, 5.74) is 2.37. The van der Waals surface area contributed by atoms with E-state index in [4.69, 9.17) is 5.11 Å². The van der Waals surface area contributed by atoms with Gasteiger partial charge in [-0.3, -0.25) is 0 Å². The number of halogens is 1. The standard InChI is InChI=1S/C17H19FN4O/c18-14-6-4-13(5-7-14)15-12-17(19-9-2-1-3-11-23)22-16(21-15)8-10-20-22/h4-8,10,12,19,23H,1-3,9,11H2. The van der Waals surface area contributed by atoms with Crippen molar-refractivity contribution in [3.63, 3.8) is 0 Å². The first-order chi connectivity index (χ1) is 11.3. The van der Waals surface area contributed by atoms with Crippen molar-refractivity contribution >= 4 is 11.5 Å². The third kappa shape index (κ3) is 3.65. The van der Waals surface area contributed by atoms with Gasteiger partial charge in [0.1, 0.15) is 11.6 Å². The summed E-state index contributed by atoms with van der Waals surface area (Å²) in [4.78, 5) is 4.56. The van der Waals surface area contributed by atoms with E-state index in [0.29, 0.717) is 0 Å². The fourth-order valence-electron chi connectivity index (χ4n) is 2.44. The van der Waals surface area contributed by atoms with Gasteiger partial charge in [0.05, 0.1) is 11.9 Å². The van der Waals surface area contributed by atoms with Crippen LogP contribution in [0, 0.1) is 5.82 Å². The average molecular weight is 314 g/mol. The molecule has 0 saturated carbocycles. The van der Waals surface area contributed by atoms with E-state index in [1.165, 1.54) is 12.1 Å². The quantitative estimate of drug-likeness (QED) is 0.658. The molecule has 3 aromatic rings. The Labute approximate surface area is 133 Å². The second-order valence-electron chi connectivity index (χ2n) is 5.35. The lowest BCUT2D eigenvalue weighted by Crippen LogP contribution is -2.08. The molecule has 0 aliphatic heterocycles. The highest BCUT2D eigenvalue weighted by Crippen LogP contribution is 2.22. The first kappa shape index (κ1) is 15.4. The van der Waals surface area contributed by atoms with Gasteiger partial charge >= 0.3 is 0 Å². The van der Waals surface area contributed by atoms with Gasteiger partial charge in [0, 0.05) is 30.8 Å². The van der Waals surface area contributed by atoms with Gasteiger partial charge in [0.2, 0.25) is 0 Å². The Morgan fingerprint density at radius 2 is 1.91 bits per heavy atom. The molecule has 0 spiro atoms. The van der Waals surface area contributed by atoms with Gasteiger partial charge in [0.25, 0.3) is 0 Å². The number of nitrogens with zero attached hydrogens (tertiary/aromatic N) is 3. The molecule has 6 heteroatoms. The van der Waals surface area contributed by atoms with Crippen molar-refractivity contribution in [2.45, 2.75) is 19.3 Å². The third-order valence-corrected chi connectivity index (χ3v) is 3.64. The van der Waals surface area contributed by atoms with Crippen molar-refractivity contribution in [1.29, 1.82) is 0 Å². The van der Waals surface area contributed by atoms with E-state index < -0.39 is 0 Å². The summed E-state index contributed by atoms with van der Waals surface area (Å²) in [5.74, 6) is 0.588. The van der Waals surface area contributed by atoms with Crippen LogP contribution in [0.2, 0.25) is 0 Å². The number of hydrogen-bond acceptors (Lipinski definition) is 4.